The van der Waals surface area contributed by atoms with Gasteiger partial charge >= 0.3 is 0 Å². The quantitative estimate of drug-likeness (QED) is 0.514. The van der Waals surface area contributed by atoms with Crippen LogP contribution in [0.2, 0.25) is 0 Å². The van der Waals surface area contributed by atoms with Crippen molar-refractivity contribution in [3.8, 4) is 11.3 Å². The number of carbonyl (C=O) groups is 1. The number of carboxylic acids is 1. The van der Waals surface area contributed by atoms with Crippen LogP contribution in [-0.4, -0.2) is 60.1 Å². The summed E-state index contributed by atoms with van der Waals surface area (Å²) in [6.07, 6.45) is 0.578. The number of rotatable bonds is 10. The van der Waals surface area contributed by atoms with Gasteiger partial charge in [0, 0.05) is 37.0 Å². The number of aliphatic carboxylic acids is 1. The molecule has 0 saturated carbocycles. The zero-order valence-corrected chi connectivity index (χ0v) is 19.6. The maximum Gasteiger partial charge on any atom is 0.239 e. The highest BCUT2D eigenvalue weighted by atomic mass is 32.2. The number of carboxylic acid groups (broad SMARTS) is 1. The molecule has 1 heterocycles. The van der Waals surface area contributed by atoms with Gasteiger partial charge in [0.05, 0.1) is 29.9 Å². The molecule has 0 radical (unpaired) electrons. The molecule has 2 atom stereocenters. The van der Waals surface area contributed by atoms with Crippen molar-refractivity contribution in [2.45, 2.75) is 44.8 Å². The Morgan fingerprint density at radius 2 is 1.82 bits per heavy atom. The lowest BCUT2D eigenvalue weighted by Crippen LogP contribution is -2.29. The van der Waals surface area contributed by atoms with Crippen molar-refractivity contribution in [1.82, 2.24) is 9.97 Å². The fraction of sp³-hybridized carbons (Fsp3) is 0.409. The van der Waals surface area contributed by atoms with E-state index in [0.717, 1.165) is 10.6 Å². The molecule has 0 unspecified atom stereocenters. The third-order valence-corrected chi connectivity index (χ3v) is 5.97. The van der Waals surface area contributed by atoms with Gasteiger partial charge in [-0.05, 0) is 30.2 Å². The molecule has 2 N–H and O–H groups in total. The van der Waals surface area contributed by atoms with Crippen molar-refractivity contribution < 1.29 is 32.9 Å². The second-order valence-corrected chi connectivity index (χ2v) is 9.97. The molecule has 1 aromatic heterocycles. The average Bonchev–Trinajstić information content (AvgIpc) is 2.70. The standard InChI is InChI=1S/C22H28FN3O6S/c1-13(2)20-18(10-9-16(27)11-17(28)12-19(29)30)21(14-5-7-15(23)8-6-14)25-22(24-20)26(3)33(4,31)32/h5-10,13,16-17,27-28H,11-12H2,1-4H3,(H,29,30)/p-1/b10-9+/t16-,17-/m0/s1. The summed E-state index contributed by atoms with van der Waals surface area (Å²) in [5.41, 5.74) is 1.76. The normalized spacial score (nSPS) is 13.9. The van der Waals surface area contributed by atoms with E-state index in [1.54, 1.807) is 0 Å². The fourth-order valence-corrected chi connectivity index (χ4v) is 3.41. The largest absolute Gasteiger partial charge is 0.550 e. The number of hydrogen-bond acceptors (Lipinski definition) is 8. The average molecular weight is 481 g/mol. The molecule has 0 aliphatic carbocycles. The molecule has 0 fully saturated rings. The van der Waals surface area contributed by atoms with Crippen molar-refractivity contribution in [2.75, 3.05) is 17.6 Å². The Hall–Kier alpha value is -2.89. The minimum Gasteiger partial charge on any atom is -0.550 e. The SMILES string of the molecule is CC(C)c1nc(N(C)S(C)(=O)=O)nc(-c2ccc(F)cc2)c1/C=C/[C@H](O)C[C@H](O)CC(=O)[O-]. The van der Waals surface area contributed by atoms with Crippen molar-refractivity contribution in [2.24, 2.45) is 0 Å². The Kier molecular flexibility index (Phi) is 8.64. The molecule has 0 amide bonds. The number of aromatic nitrogens is 2. The van der Waals surface area contributed by atoms with Gasteiger partial charge in [-0.15, -0.1) is 0 Å². The number of sulfonamides is 1. The molecule has 2 rings (SSSR count). The molecule has 1 aromatic carbocycles. The van der Waals surface area contributed by atoms with Crippen LogP contribution in [0.1, 0.15) is 43.9 Å². The zero-order valence-electron chi connectivity index (χ0n) is 18.8. The van der Waals surface area contributed by atoms with Crippen LogP contribution in [0.5, 0.6) is 0 Å². The monoisotopic (exact) mass is 480 g/mol. The van der Waals surface area contributed by atoms with E-state index in [1.165, 1.54) is 43.5 Å². The van der Waals surface area contributed by atoms with Gasteiger partial charge < -0.3 is 20.1 Å². The Morgan fingerprint density at radius 3 is 2.33 bits per heavy atom. The van der Waals surface area contributed by atoms with Crippen LogP contribution in [0.15, 0.2) is 30.3 Å². The molecule has 11 heteroatoms. The van der Waals surface area contributed by atoms with Crippen LogP contribution in [0, 0.1) is 5.82 Å². The van der Waals surface area contributed by atoms with Crippen LogP contribution in [0.4, 0.5) is 10.3 Å². The van der Waals surface area contributed by atoms with E-state index >= 15 is 0 Å². The minimum atomic E-state index is -3.66. The summed E-state index contributed by atoms with van der Waals surface area (Å²) in [6, 6.07) is 5.46. The second kappa shape index (κ2) is 10.8. The van der Waals surface area contributed by atoms with Crippen LogP contribution in [0.25, 0.3) is 17.3 Å². The Labute approximate surface area is 192 Å². The number of hydrogen-bond donors (Lipinski definition) is 2. The third kappa shape index (κ3) is 7.31. The van der Waals surface area contributed by atoms with Gasteiger partial charge in [0.15, 0.2) is 0 Å². The maximum absolute atomic E-state index is 13.5. The maximum atomic E-state index is 13.5. The summed E-state index contributed by atoms with van der Waals surface area (Å²) in [7, 11) is -2.34. The minimum absolute atomic E-state index is 0.0670. The number of aliphatic hydroxyl groups is 2. The molecule has 2 aromatic rings. The lowest BCUT2D eigenvalue weighted by molar-refractivity contribution is -0.307. The summed E-state index contributed by atoms with van der Waals surface area (Å²) in [4.78, 5) is 19.4. The molecule has 180 valence electrons. The lowest BCUT2D eigenvalue weighted by Gasteiger charge is -2.20. The van der Waals surface area contributed by atoms with E-state index in [1.807, 2.05) is 13.8 Å². The lowest BCUT2D eigenvalue weighted by atomic mass is 9.97. The summed E-state index contributed by atoms with van der Waals surface area (Å²) >= 11 is 0. The molecular formula is C22H27FN3O6S-. The summed E-state index contributed by atoms with van der Waals surface area (Å²) < 4.78 is 38.6. The van der Waals surface area contributed by atoms with Crippen LogP contribution in [-0.2, 0) is 14.8 Å². The first-order valence-corrected chi connectivity index (χ1v) is 12.0. The summed E-state index contributed by atoms with van der Waals surface area (Å²) in [6.45, 7) is 3.69. The van der Waals surface area contributed by atoms with Crippen LogP contribution < -0.4 is 9.41 Å². The zero-order chi connectivity index (χ0) is 24.9. The number of aliphatic hydroxyl groups excluding tert-OH is 2. The molecule has 9 nitrogen and oxygen atoms in total. The first-order valence-electron chi connectivity index (χ1n) is 10.2. The van der Waals surface area contributed by atoms with Crippen molar-refractivity contribution >= 4 is 28.0 Å². The number of halogens is 1. The van der Waals surface area contributed by atoms with Gasteiger partial charge in [0.1, 0.15) is 5.82 Å². The highest BCUT2D eigenvalue weighted by molar-refractivity contribution is 7.92. The van der Waals surface area contributed by atoms with Crippen LogP contribution in [0.3, 0.4) is 0 Å². The molecular weight excluding hydrogens is 453 g/mol. The topological polar surface area (TPSA) is 144 Å². The van der Waals surface area contributed by atoms with Gasteiger partial charge in [-0.25, -0.2) is 27.1 Å². The van der Waals surface area contributed by atoms with Gasteiger partial charge in [-0.2, -0.15) is 0 Å². The van der Waals surface area contributed by atoms with E-state index in [9.17, 15) is 32.9 Å². The summed E-state index contributed by atoms with van der Waals surface area (Å²) in [5, 5.41) is 30.6. The van der Waals surface area contributed by atoms with Gasteiger partial charge in [0.2, 0.25) is 16.0 Å². The Morgan fingerprint density at radius 1 is 1.21 bits per heavy atom. The second-order valence-electron chi connectivity index (χ2n) is 7.96. The predicted octanol–water partition coefficient (Wildman–Crippen LogP) is 1.07. The molecule has 0 saturated heterocycles. The van der Waals surface area contributed by atoms with E-state index in [-0.39, 0.29) is 18.3 Å². The van der Waals surface area contributed by atoms with Crippen molar-refractivity contribution in [3.05, 3.63) is 47.4 Å². The predicted molar refractivity (Wildman–Crippen MR) is 120 cm³/mol. The number of benzene rings is 1. The summed E-state index contributed by atoms with van der Waals surface area (Å²) in [5.74, 6) is -2.14. The Balaban J connectivity index is 2.61. The van der Waals surface area contributed by atoms with Crippen molar-refractivity contribution in [3.63, 3.8) is 0 Å². The highest BCUT2D eigenvalue weighted by Crippen LogP contribution is 2.31. The van der Waals surface area contributed by atoms with Gasteiger partial charge in [-0.3, -0.25) is 0 Å². The molecule has 33 heavy (non-hydrogen) atoms. The molecule has 0 spiro atoms. The first kappa shape index (κ1) is 26.4. The first-order chi connectivity index (χ1) is 15.3. The smallest absolute Gasteiger partial charge is 0.239 e. The van der Waals surface area contributed by atoms with E-state index < -0.39 is 40.4 Å². The van der Waals surface area contributed by atoms with E-state index in [4.69, 9.17) is 0 Å². The van der Waals surface area contributed by atoms with E-state index in [2.05, 4.69) is 9.97 Å². The van der Waals surface area contributed by atoms with Crippen LogP contribution >= 0.6 is 0 Å². The number of carbonyl (C=O) groups excluding carboxylic acids is 1. The molecule has 0 aliphatic heterocycles. The molecule has 0 bridgehead atoms. The number of nitrogens with zero attached hydrogens (tertiary/aromatic N) is 3. The Bertz CT molecular complexity index is 1120. The third-order valence-electron chi connectivity index (χ3n) is 4.81. The van der Waals surface area contributed by atoms with Crippen molar-refractivity contribution in [1.29, 1.82) is 0 Å². The van der Waals surface area contributed by atoms with E-state index in [0.29, 0.717) is 22.5 Å². The van der Waals surface area contributed by atoms with Gasteiger partial charge in [-0.1, -0.05) is 26.0 Å². The molecule has 0 aliphatic rings. The fourth-order valence-electron chi connectivity index (χ4n) is 3.04. The number of anilines is 1. The van der Waals surface area contributed by atoms with Gasteiger partial charge in [0.25, 0.3) is 0 Å². The highest BCUT2D eigenvalue weighted by Gasteiger charge is 2.22.